The number of hydrogen-bond acceptors (Lipinski definition) is 6. The lowest BCUT2D eigenvalue weighted by molar-refractivity contribution is -0.162. The number of aliphatic hydroxyl groups is 1. The summed E-state index contributed by atoms with van der Waals surface area (Å²) in [6.45, 7) is 9.87. The number of aliphatic hydroxyl groups excluding tert-OH is 1. The van der Waals surface area contributed by atoms with Crippen molar-refractivity contribution in [2.45, 2.75) is 82.6 Å². The van der Waals surface area contributed by atoms with Gasteiger partial charge in [-0.15, -0.1) is 6.58 Å². The second-order valence-electron chi connectivity index (χ2n) is 10.3. The third kappa shape index (κ3) is 3.52. The number of carbonyl (C=O) groups excluding carboxylic acids is 3. The van der Waals surface area contributed by atoms with Crippen LogP contribution in [-0.4, -0.2) is 82.3 Å². The van der Waals surface area contributed by atoms with E-state index in [9.17, 15) is 19.5 Å². The first-order valence-corrected chi connectivity index (χ1v) is 12.5. The van der Waals surface area contributed by atoms with Crippen molar-refractivity contribution < 1.29 is 29.0 Å². The molecule has 1 N–H and O–H groups in total. The van der Waals surface area contributed by atoms with Gasteiger partial charge in [-0.25, -0.2) is 0 Å². The zero-order valence-electron chi connectivity index (χ0n) is 20.1. The number of ether oxygens (including phenoxy) is 2. The van der Waals surface area contributed by atoms with Crippen LogP contribution in [0.3, 0.4) is 0 Å². The Kier molecular flexibility index (Phi) is 6.62. The Morgan fingerprint density at radius 3 is 2.64 bits per heavy atom. The summed E-state index contributed by atoms with van der Waals surface area (Å²) in [5, 5.41) is 9.76. The number of fused-ring (bicyclic) bond motifs is 1. The minimum Gasteiger partial charge on any atom is -0.466 e. The molecule has 0 aromatic carbocycles. The Hall–Kier alpha value is -1.93. The van der Waals surface area contributed by atoms with Gasteiger partial charge in [-0.1, -0.05) is 32.3 Å². The molecule has 2 amide bonds. The molecular weight excluding hydrogens is 424 g/mol. The fourth-order valence-electron chi connectivity index (χ4n) is 7.06. The van der Waals surface area contributed by atoms with E-state index in [1.54, 1.807) is 13.0 Å². The SMILES string of the molecule is C=CCN(C(=O)C1N(CCO)C(=O)[C@@H]2[C@H](C(=O)OCC)[C@@]3(C)OC12CC3C)C1CCCCC1. The zero-order valence-corrected chi connectivity index (χ0v) is 20.1. The van der Waals surface area contributed by atoms with E-state index in [0.717, 1.165) is 32.1 Å². The smallest absolute Gasteiger partial charge is 0.312 e. The van der Waals surface area contributed by atoms with Crippen molar-refractivity contribution in [2.75, 3.05) is 26.3 Å². The van der Waals surface area contributed by atoms with Gasteiger partial charge in [0, 0.05) is 19.1 Å². The van der Waals surface area contributed by atoms with E-state index >= 15 is 0 Å². The number of amides is 2. The molecule has 0 aromatic rings. The van der Waals surface area contributed by atoms with Gasteiger partial charge >= 0.3 is 5.97 Å². The molecule has 6 atom stereocenters. The van der Waals surface area contributed by atoms with Gasteiger partial charge in [0.05, 0.1) is 24.7 Å². The molecule has 0 radical (unpaired) electrons. The first-order valence-electron chi connectivity index (χ1n) is 12.5. The molecule has 184 valence electrons. The van der Waals surface area contributed by atoms with Crippen LogP contribution < -0.4 is 0 Å². The second kappa shape index (κ2) is 9.02. The molecule has 1 aliphatic carbocycles. The van der Waals surface area contributed by atoms with E-state index in [1.807, 2.05) is 18.7 Å². The van der Waals surface area contributed by atoms with Gasteiger partial charge in [0.2, 0.25) is 11.8 Å². The lowest BCUT2D eigenvalue weighted by Gasteiger charge is -2.40. The topological polar surface area (TPSA) is 96.4 Å². The number of rotatable bonds is 8. The van der Waals surface area contributed by atoms with Crippen LogP contribution in [0.4, 0.5) is 0 Å². The van der Waals surface area contributed by atoms with Gasteiger partial charge in [-0.2, -0.15) is 0 Å². The first kappa shape index (κ1) is 24.2. The van der Waals surface area contributed by atoms with Gasteiger partial charge in [-0.3, -0.25) is 14.4 Å². The van der Waals surface area contributed by atoms with Gasteiger partial charge in [0.15, 0.2) is 0 Å². The summed E-state index contributed by atoms with van der Waals surface area (Å²) in [5.74, 6) is -2.47. The Labute approximate surface area is 196 Å². The molecule has 1 spiro atoms. The van der Waals surface area contributed by atoms with Crippen molar-refractivity contribution in [3.8, 4) is 0 Å². The zero-order chi connectivity index (χ0) is 24.0. The summed E-state index contributed by atoms with van der Waals surface area (Å²) in [4.78, 5) is 44.3. The number of nitrogens with zero attached hydrogens (tertiary/aromatic N) is 2. The molecule has 3 heterocycles. The standard InChI is InChI=1S/C25H38N2O6/c1-5-12-26(17-10-8-7-9-11-17)22(30)20-25-15-16(3)24(4,33-25)19(23(31)32-6-2)18(25)21(29)27(20)13-14-28/h5,16-20,28H,1,6-15H2,2-4H3/t16?,18-,19+,20?,24-,25?/m0/s1. The summed E-state index contributed by atoms with van der Waals surface area (Å²) in [7, 11) is 0. The summed E-state index contributed by atoms with van der Waals surface area (Å²) < 4.78 is 12.0. The number of β-amino-alcohol motifs (C(OH)–C–C–N with tert-alkyl or cyclic N) is 1. The average Bonchev–Trinajstić information content (AvgIpc) is 3.30. The summed E-state index contributed by atoms with van der Waals surface area (Å²) in [6.07, 6.45) is 7.40. The fourth-order valence-corrected chi connectivity index (χ4v) is 7.06. The first-order chi connectivity index (χ1) is 15.8. The Morgan fingerprint density at radius 1 is 1.33 bits per heavy atom. The third-order valence-corrected chi connectivity index (χ3v) is 8.55. The molecule has 4 rings (SSSR count). The van der Waals surface area contributed by atoms with E-state index in [2.05, 4.69) is 6.58 Å². The molecule has 3 aliphatic heterocycles. The van der Waals surface area contributed by atoms with Crippen LogP contribution in [0, 0.1) is 17.8 Å². The van der Waals surface area contributed by atoms with Crippen LogP contribution in [0.1, 0.15) is 59.3 Å². The monoisotopic (exact) mass is 462 g/mol. The highest BCUT2D eigenvalue weighted by atomic mass is 16.6. The highest BCUT2D eigenvalue weighted by Crippen LogP contribution is 2.65. The van der Waals surface area contributed by atoms with Gasteiger partial charge in [-0.05, 0) is 39.0 Å². The van der Waals surface area contributed by atoms with Crippen LogP contribution in [0.2, 0.25) is 0 Å². The number of likely N-dealkylation sites (tertiary alicyclic amines) is 1. The lowest BCUT2D eigenvalue weighted by Crippen LogP contribution is -2.58. The Bertz CT molecular complexity index is 811. The molecule has 4 aliphatic rings. The Morgan fingerprint density at radius 2 is 2.03 bits per heavy atom. The largest absolute Gasteiger partial charge is 0.466 e. The predicted octanol–water partition coefficient (Wildman–Crippen LogP) is 1.90. The molecule has 4 fully saturated rings. The molecule has 3 unspecified atom stereocenters. The molecule has 8 nitrogen and oxygen atoms in total. The average molecular weight is 463 g/mol. The molecule has 1 saturated carbocycles. The minimum atomic E-state index is -1.09. The van der Waals surface area contributed by atoms with E-state index in [4.69, 9.17) is 9.47 Å². The van der Waals surface area contributed by atoms with Crippen LogP contribution in [-0.2, 0) is 23.9 Å². The summed E-state index contributed by atoms with van der Waals surface area (Å²) >= 11 is 0. The van der Waals surface area contributed by atoms with Crippen LogP contribution >= 0.6 is 0 Å². The van der Waals surface area contributed by atoms with E-state index < -0.39 is 35.0 Å². The Balaban J connectivity index is 1.77. The van der Waals surface area contributed by atoms with Gasteiger partial charge in [0.1, 0.15) is 17.6 Å². The highest BCUT2D eigenvalue weighted by Gasteiger charge is 2.80. The number of carbonyl (C=O) groups is 3. The molecule has 3 saturated heterocycles. The van der Waals surface area contributed by atoms with Crippen LogP contribution in [0.25, 0.3) is 0 Å². The van der Waals surface area contributed by atoms with Crippen molar-refractivity contribution >= 4 is 17.8 Å². The van der Waals surface area contributed by atoms with Crippen LogP contribution in [0.15, 0.2) is 12.7 Å². The van der Waals surface area contributed by atoms with E-state index in [-0.39, 0.29) is 43.5 Å². The molecule has 8 heteroatoms. The maximum absolute atomic E-state index is 14.2. The van der Waals surface area contributed by atoms with E-state index in [1.165, 1.54) is 4.90 Å². The van der Waals surface area contributed by atoms with Gasteiger partial charge in [0.25, 0.3) is 0 Å². The van der Waals surface area contributed by atoms with E-state index in [0.29, 0.717) is 13.0 Å². The minimum absolute atomic E-state index is 0.0251. The summed E-state index contributed by atoms with van der Waals surface area (Å²) in [5.41, 5.74) is -1.96. The highest BCUT2D eigenvalue weighted by molar-refractivity contribution is 5.98. The molecule has 2 bridgehead atoms. The predicted molar refractivity (Wildman–Crippen MR) is 121 cm³/mol. The van der Waals surface area contributed by atoms with Crippen molar-refractivity contribution in [3.63, 3.8) is 0 Å². The van der Waals surface area contributed by atoms with Crippen molar-refractivity contribution in [1.29, 1.82) is 0 Å². The molecule has 33 heavy (non-hydrogen) atoms. The quantitative estimate of drug-likeness (QED) is 0.437. The number of hydrogen-bond donors (Lipinski definition) is 1. The maximum atomic E-state index is 14.2. The normalized spacial score (nSPS) is 37.8. The number of esters is 1. The fraction of sp³-hybridized carbons (Fsp3) is 0.800. The van der Waals surface area contributed by atoms with Crippen LogP contribution in [0.5, 0.6) is 0 Å². The summed E-state index contributed by atoms with van der Waals surface area (Å²) in [6, 6.07) is -0.772. The molecule has 0 aromatic heterocycles. The third-order valence-electron chi connectivity index (χ3n) is 8.55. The maximum Gasteiger partial charge on any atom is 0.312 e. The van der Waals surface area contributed by atoms with Crippen molar-refractivity contribution in [2.24, 2.45) is 17.8 Å². The van der Waals surface area contributed by atoms with Crippen molar-refractivity contribution in [3.05, 3.63) is 12.7 Å². The molecular formula is C25H38N2O6. The van der Waals surface area contributed by atoms with Crippen molar-refractivity contribution in [1.82, 2.24) is 9.80 Å². The second-order valence-corrected chi connectivity index (χ2v) is 10.3. The van der Waals surface area contributed by atoms with Gasteiger partial charge < -0.3 is 24.4 Å². The lowest BCUT2D eigenvalue weighted by atomic mass is 9.62.